The van der Waals surface area contributed by atoms with E-state index in [0.717, 1.165) is 37.5 Å². The Hall–Kier alpha value is -1.62. The van der Waals surface area contributed by atoms with Crippen LogP contribution in [-0.2, 0) is 0 Å². The Morgan fingerprint density at radius 3 is 2.75 bits per heavy atom. The van der Waals surface area contributed by atoms with Crippen LogP contribution in [0.4, 0.5) is 0 Å². The molecule has 1 aliphatic carbocycles. The topological polar surface area (TPSA) is 42.4 Å². The molecule has 1 fully saturated rings. The van der Waals surface area contributed by atoms with E-state index in [2.05, 4.69) is 18.8 Å². The number of thiophene rings is 1. The lowest BCUT2D eigenvalue weighted by atomic mass is 9.81. The number of aryl methyl sites for hydroxylation is 1. The minimum absolute atomic E-state index is 0.186. The lowest BCUT2D eigenvalue weighted by molar-refractivity contribution is 0.0988. The van der Waals surface area contributed by atoms with E-state index in [-0.39, 0.29) is 6.10 Å². The molecular formula is C23H26ClNO2S. The molecule has 1 saturated carbocycles. The Bertz CT molecular complexity index is 996. The second kappa shape index (κ2) is 8.02. The molecule has 0 aliphatic heterocycles. The molecule has 28 heavy (non-hydrogen) atoms. The first kappa shape index (κ1) is 19.7. The third-order valence-electron chi connectivity index (χ3n) is 5.79. The number of aliphatic hydroxyl groups excluding tert-OH is 1. The van der Waals surface area contributed by atoms with Gasteiger partial charge in [0.05, 0.1) is 22.4 Å². The van der Waals surface area contributed by atoms with Crippen LogP contribution in [0.5, 0.6) is 5.75 Å². The number of aliphatic hydroxyl groups is 1. The summed E-state index contributed by atoms with van der Waals surface area (Å²) in [7, 11) is 0. The summed E-state index contributed by atoms with van der Waals surface area (Å²) in [5.74, 6) is 1.54. The first-order valence-corrected chi connectivity index (χ1v) is 11.2. The summed E-state index contributed by atoms with van der Waals surface area (Å²) in [6.07, 6.45) is 6.02. The standard InChI is InChI=1S/C23H26ClNO2S/c1-4-20(26)21-12-19-23(28-21)17(8-9-25-19)18-11-16(24)10-13(2)22(18)27-14(3)15-6-5-7-15/h8-12,14-15,20,26H,4-7H2,1-3H3. The fourth-order valence-electron chi connectivity index (χ4n) is 3.81. The molecule has 3 nitrogen and oxygen atoms in total. The van der Waals surface area contributed by atoms with Crippen molar-refractivity contribution >= 4 is 33.2 Å². The van der Waals surface area contributed by atoms with E-state index in [0.29, 0.717) is 17.4 Å². The number of ether oxygens (including phenoxy) is 1. The molecule has 0 amide bonds. The van der Waals surface area contributed by atoms with Crippen LogP contribution in [0.2, 0.25) is 5.02 Å². The van der Waals surface area contributed by atoms with Crippen molar-refractivity contribution in [2.45, 2.75) is 58.7 Å². The SMILES string of the molecule is CCC(O)c1cc2nccc(-c3cc(Cl)cc(C)c3OC(C)C3CCC3)c2s1. The van der Waals surface area contributed by atoms with E-state index >= 15 is 0 Å². The zero-order valence-corrected chi connectivity index (χ0v) is 18.1. The summed E-state index contributed by atoms with van der Waals surface area (Å²) >= 11 is 8.03. The maximum atomic E-state index is 10.3. The van der Waals surface area contributed by atoms with Gasteiger partial charge in [-0.2, -0.15) is 0 Å². The number of hydrogen-bond donors (Lipinski definition) is 1. The second-order valence-corrected chi connectivity index (χ2v) is 9.28. The number of nitrogens with zero attached hydrogens (tertiary/aromatic N) is 1. The Labute approximate surface area is 175 Å². The number of benzene rings is 1. The van der Waals surface area contributed by atoms with Crippen molar-refractivity contribution in [2.75, 3.05) is 0 Å². The van der Waals surface area contributed by atoms with Crippen molar-refractivity contribution in [1.29, 1.82) is 0 Å². The average molecular weight is 416 g/mol. The van der Waals surface area contributed by atoms with E-state index in [1.165, 1.54) is 19.3 Å². The molecule has 1 aliphatic rings. The van der Waals surface area contributed by atoms with Gasteiger partial charge in [-0.25, -0.2) is 0 Å². The number of hydrogen-bond acceptors (Lipinski definition) is 4. The molecule has 5 heteroatoms. The lowest BCUT2D eigenvalue weighted by Gasteiger charge is -2.32. The van der Waals surface area contributed by atoms with Gasteiger partial charge in [0.15, 0.2) is 0 Å². The van der Waals surface area contributed by atoms with Gasteiger partial charge in [-0.3, -0.25) is 4.98 Å². The maximum absolute atomic E-state index is 10.3. The van der Waals surface area contributed by atoms with E-state index in [1.807, 2.05) is 37.4 Å². The van der Waals surface area contributed by atoms with Crippen LogP contribution in [-0.4, -0.2) is 16.2 Å². The van der Waals surface area contributed by atoms with Crippen molar-refractivity contribution in [1.82, 2.24) is 4.98 Å². The van der Waals surface area contributed by atoms with Crippen molar-refractivity contribution in [3.05, 3.63) is 45.9 Å². The molecule has 148 valence electrons. The van der Waals surface area contributed by atoms with Crippen LogP contribution in [0.25, 0.3) is 21.3 Å². The number of fused-ring (bicyclic) bond motifs is 1. The largest absolute Gasteiger partial charge is 0.490 e. The highest BCUT2D eigenvalue weighted by Gasteiger charge is 2.27. The van der Waals surface area contributed by atoms with Crippen LogP contribution in [0.15, 0.2) is 30.5 Å². The predicted octanol–water partition coefficient (Wildman–Crippen LogP) is 6.94. The molecule has 2 aromatic heterocycles. The molecule has 0 saturated heterocycles. The van der Waals surface area contributed by atoms with Crippen LogP contribution >= 0.6 is 22.9 Å². The summed E-state index contributed by atoms with van der Waals surface area (Å²) in [6.45, 7) is 6.21. The number of halogens is 1. The molecule has 3 aromatic rings. The van der Waals surface area contributed by atoms with Crippen molar-refractivity contribution in [3.8, 4) is 16.9 Å². The maximum Gasteiger partial charge on any atom is 0.130 e. The molecule has 2 unspecified atom stereocenters. The molecular weight excluding hydrogens is 390 g/mol. The molecule has 0 bridgehead atoms. The molecule has 0 radical (unpaired) electrons. The summed E-state index contributed by atoms with van der Waals surface area (Å²) in [5, 5.41) is 11.0. The predicted molar refractivity (Wildman–Crippen MR) is 117 cm³/mol. The third kappa shape index (κ3) is 3.66. The molecule has 0 spiro atoms. The second-order valence-electron chi connectivity index (χ2n) is 7.76. The van der Waals surface area contributed by atoms with Gasteiger partial charge in [0.1, 0.15) is 5.75 Å². The number of rotatable bonds is 6. The van der Waals surface area contributed by atoms with Crippen LogP contribution < -0.4 is 4.74 Å². The summed E-state index contributed by atoms with van der Waals surface area (Å²) in [5.41, 5.74) is 4.01. The van der Waals surface area contributed by atoms with Gasteiger partial charge in [0.25, 0.3) is 0 Å². The van der Waals surface area contributed by atoms with Gasteiger partial charge < -0.3 is 9.84 Å². The van der Waals surface area contributed by atoms with Gasteiger partial charge in [-0.15, -0.1) is 11.3 Å². The van der Waals surface area contributed by atoms with Gasteiger partial charge in [0, 0.05) is 27.2 Å². The van der Waals surface area contributed by atoms with E-state index in [4.69, 9.17) is 16.3 Å². The third-order valence-corrected chi connectivity index (χ3v) is 7.27. The fourth-order valence-corrected chi connectivity index (χ4v) is 5.30. The van der Waals surface area contributed by atoms with Crippen LogP contribution in [0.1, 0.15) is 56.1 Å². The summed E-state index contributed by atoms with van der Waals surface area (Å²) in [6, 6.07) is 7.97. The highest BCUT2D eigenvalue weighted by molar-refractivity contribution is 7.19. The first-order valence-electron chi connectivity index (χ1n) is 10.0. The van der Waals surface area contributed by atoms with E-state index < -0.39 is 6.10 Å². The van der Waals surface area contributed by atoms with Crippen molar-refractivity contribution < 1.29 is 9.84 Å². The minimum atomic E-state index is -0.456. The monoisotopic (exact) mass is 415 g/mol. The molecule has 2 heterocycles. The highest BCUT2D eigenvalue weighted by atomic mass is 35.5. The normalized spacial score (nSPS) is 16.8. The van der Waals surface area contributed by atoms with Gasteiger partial charge in [0.2, 0.25) is 0 Å². The van der Waals surface area contributed by atoms with Gasteiger partial charge in [-0.05, 0) is 68.9 Å². The van der Waals surface area contributed by atoms with Crippen LogP contribution in [0.3, 0.4) is 0 Å². The quantitative estimate of drug-likeness (QED) is 0.474. The van der Waals surface area contributed by atoms with Crippen molar-refractivity contribution in [2.24, 2.45) is 5.92 Å². The summed E-state index contributed by atoms with van der Waals surface area (Å²) < 4.78 is 7.55. The Kier molecular flexibility index (Phi) is 5.64. The molecule has 2 atom stereocenters. The fraction of sp³-hybridized carbons (Fsp3) is 0.435. The minimum Gasteiger partial charge on any atom is -0.490 e. The molecule has 1 aromatic carbocycles. The zero-order chi connectivity index (χ0) is 19.8. The first-order chi connectivity index (χ1) is 13.5. The Morgan fingerprint density at radius 2 is 2.07 bits per heavy atom. The Balaban J connectivity index is 1.83. The lowest BCUT2D eigenvalue weighted by Crippen LogP contribution is -2.29. The zero-order valence-electron chi connectivity index (χ0n) is 16.5. The number of aromatic nitrogens is 1. The smallest absolute Gasteiger partial charge is 0.130 e. The highest BCUT2D eigenvalue weighted by Crippen LogP contribution is 2.43. The Morgan fingerprint density at radius 1 is 1.29 bits per heavy atom. The van der Waals surface area contributed by atoms with Gasteiger partial charge in [-0.1, -0.05) is 24.9 Å². The van der Waals surface area contributed by atoms with Crippen molar-refractivity contribution in [3.63, 3.8) is 0 Å². The molecule has 1 N–H and O–H groups in total. The van der Waals surface area contributed by atoms with E-state index in [9.17, 15) is 5.11 Å². The van der Waals surface area contributed by atoms with Gasteiger partial charge >= 0.3 is 0 Å². The molecule has 4 rings (SSSR count). The summed E-state index contributed by atoms with van der Waals surface area (Å²) in [4.78, 5) is 5.46. The van der Waals surface area contributed by atoms with E-state index in [1.54, 1.807) is 11.3 Å². The van der Waals surface area contributed by atoms with Crippen LogP contribution in [0, 0.1) is 12.8 Å². The number of pyridine rings is 1. The average Bonchev–Trinajstić information content (AvgIpc) is 3.06.